The highest BCUT2D eigenvalue weighted by Gasteiger charge is 2.38. The molecule has 6 rings (SSSR count). The fourth-order valence-electron chi connectivity index (χ4n) is 5.50. The van der Waals surface area contributed by atoms with Gasteiger partial charge in [-0.25, -0.2) is 13.6 Å². The second-order valence-corrected chi connectivity index (χ2v) is 10.8. The van der Waals surface area contributed by atoms with Gasteiger partial charge in [0.1, 0.15) is 11.6 Å². The minimum absolute atomic E-state index is 0.0573. The minimum atomic E-state index is -1.04. The van der Waals surface area contributed by atoms with Gasteiger partial charge < -0.3 is 20.5 Å². The summed E-state index contributed by atoms with van der Waals surface area (Å²) in [5.74, 6) is -1.39. The predicted molar refractivity (Wildman–Crippen MR) is 138 cm³/mol. The molecular formula is C28H24ClF2N3O4. The Bertz CT molecular complexity index is 1490. The monoisotopic (exact) mass is 539 g/mol. The first kappa shape index (κ1) is 24.8. The number of anilines is 2. The summed E-state index contributed by atoms with van der Waals surface area (Å²) in [7, 11) is 0. The molecular weight excluding hydrogens is 516 g/mol. The summed E-state index contributed by atoms with van der Waals surface area (Å²) in [5.41, 5.74) is 2.98. The minimum Gasteiger partial charge on any atom is -0.386 e. The Balaban J connectivity index is 1.42. The number of nitrogens with zero attached hydrogens (tertiary/aromatic N) is 1. The van der Waals surface area contributed by atoms with Crippen LogP contribution in [0.4, 0.5) is 25.0 Å². The van der Waals surface area contributed by atoms with Gasteiger partial charge in [-0.2, -0.15) is 0 Å². The molecule has 3 aromatic carbocycles. The maximum absolute atomic E-state index is 14.2. The molecule has 0 spiro atoms. The molecule has 0 aliphatic carbocycles. The van der Waals surface area contributed by atoms with Crippen molar-refractivity contribution in [2.24, 2.45) is 5.41 Å². The Kier molecular flexibility index (Phi) is 5.90. The Hall–Kier alpha value is -3.53. The average molecular weight is 540 g/mol. The zero-order chi connectivity index (χ0) is 26.8. The standard InChI is InChI=1S/C28H24ClF2N3O4/c1-28(12-38-13-28)10-14-6-19-24(25(33-26(19)36)17-8-15(30)2-4-20(17)29)21(7-14)32-27(37)34-11-23(35)18-9-16(31)3-5-22(18)34/h2-9,23,25,35H,10-13H2,1H3,(H,32,37)(H,33,36). The highest BCUT2D eigenvalue weighted by molar-refractivity contribution is 6.31. The van der Waals surface area contributed by atoms with E-state index in [2.05, 4.69) is 17.6 Å². The number of aliphatic hydroxyl groups excluding tert-OH is 1. The van der Waals surface area contributed by atoms with E-state index in [4.69, 9.17) is 16.3 Å². The van der Waals surface area contributed by atoms with Gasteiger partial charge in [-0.1, -0.05) is 18.5 Å². The number of benzene rings is 3. The van der Waals surface area contributed by atoms with Crippen molar-refractivity contribution in [1.82, 2.24) is 5.32 Å². The summed E-state index contributed by atoms with van der Waals surface area (Å²) in [6.07, 6.45) is -0.420. The number of nitrogens with one attached hydrogen (secondary N) is 2. The van der Waals surface area contributed by atoms with Crippen LogP contribution in [0.2, 0.25) is 5.02 Å². The molecule has 3 heterocycles. The molecule has 3 amide bonds. The van der Waals surface area contributed by atoms with Crippen LogP contribution in [-0.4, -0.2) is 36.8 Å². The quantitative estimate of drug-likeness (QED) is 0.429. The first-order chi connectivity index (χ1) is 18.1. The predicted octanol–water partition coefficient (Wildman–Crippen LogP) is 5.12. The Morgan fingerprint density at radius 3 is 2.58 bits per heavy atom. The van der Waals surface area contributed by atoms with Crippen LogP contribution in [0.15, 0.2) is 48.5 Å². The molecule has 3 N–H and O–H groups in total. The van der Waals surface area contributed by atoms with E-state index in [1.807, 2.05) is 0 Å². The summed E-state index contributed by atoms with van der Waals surface area (Å²) >= 11 is 6.40. The van der Waals surface area contributed by atoms with Crippen molar-refractivity contribution >= 4 is 34.9 Å². The highest BCUT2D eigenvalue weighted by Crippen LogP contribution is 2.42. The van der Waals surface area contributed by atoms with Gasteiger partial charge in [0, 0.05) is 38.4 Å². The first-order valence-electron chi connectivity index (χ1n) is 12.2. The number of hydrogen-bond acceptors (Lipinski definition) is 4. The van der Waals surface area contributed by atoms with E-state index in [0.29, 0.717) is 53.3 Å². The van der Waals surface area contributed by atoms with Crippen LogP contribution in [0.3, 0.4) is 0 Å². The molecule has 2 unspecified atom stereocenters. The van der Waals surface area contributed by atoms with E-state index in [9.17, 15) is 23.5 Å². The number of carbonyl (C=O) groups excluding carboxylic acids is 2. The summed E-state index contributed by atoms with van der Waals surface area (Å²) in [4.78, 5) is 28.0. The zero-order valence-corrected chi connectivity index (χ0v) is 21.1. The number of β-amino-alcohol motifs (C(OH)–C–C–N with tert-alkyl or cyclic N) is 1. The summed E-state index contributed by atoms with van der Waals surface area (Å²) in [6, 6.07) is 10.0. The fourth-order valence-corrected chi connectivity index (χ4v) is 5.72. The van der Waals surface area contributed by atoms with Crippen LogP contribution in [0.1, 0.15) is 51.7 Å². The van der Waals surface area contributed by atoms with E-state index < -0.39 is 29.8 Å². The maximum atomic E-state index is 14.2. The molecule has 196 valence electrons. The number of hydrogen-bond donors (Lipinski definition) is 3. The van der Waals surface area contributed by atoms with Gasteiger partial charge in [0.05, 0.1) is 37.6 Å². The second-order valence-electron chi connectivity index (χ2n) is 10.4. The number of aliphatic hydroxyl groups is 1. The number of rotatable bonds is 4. The molecule has 1 saturated heterocycles. The molecule has 0 saturated carbocycles. The summed E-state index contributed by atoms with van der Waals surface area (Å²) < 4.78 is 33.3. The van der Waals surface area contributed by atoms with Crippen molar-refractivity contribution in [3.63, 3.8) is 0 Å². The van der Waals surface area contributed by atoms with Gasteiger partial charge in [0.25, 0.3) is 5.91 Å². The second kappa shape index (κ2) is 9.04. The van der Waals surface area contributed by atoms with Gasteiger partial charge >= 0.3 is 6.03 Å². The molecule has 7 nitrogen and oxygen atoms in total. The first-order valence-corrected chi connectivity index (χ1v) is 12.6. The third-order valence-corrected chi connectivity index (χ3v) is 7.68. The Morgan fingerprint density at radius 2 is 1.87 bits per heavy atom. The average Bonchev–Trinajstić information content (AvgIpc) is 3.36. The Labute approximate surface area is 222 Å². The van der Waals surface area contributed by atoms with Gasteiger partial charge in [0.2, 0.25) is 0 Å². The molecule has 2 atom stereocenters. The van der Waals surface area contributed by atoms with Crippen LogP contribution in [-0.2, 0) is 11.2 Å². The van der Waals surface area contributed by atoms with Gasteiger partial charge in [-0.05, 0) is 60.5 Å². The maximum Gasteiger partial charge on any atom is 0.326 e. The van der Waals surface area contributed by atoms with E-state index in [1.165, 1.54) is 41.3 Å². The lowest BCUT2D eigenvalue weighted by Crippen LogP contribution is -2.41. The molecule has 3 aromatic rings. The molecule has 0 radical (unpaired) electrons. The van der Waals surface area contributed by atoms with Gasteiger partial charge in [0.15, 0.2) is 0 Å². The SMILES string of the molecule is CC1(Cc2cc(NC(=O)N3CC(O)c4cc(F)ccc43)c3c(c2)C(=O)NC3c2cc(F)ccc2Cl)COC1. The van der Waals surface area contributed by atoms with Crippen molar-refractivity contribution in [3.8, 4) is 0 Å². The third kappa shape index (κ3) is 4.20. The van der Waals surface area contributed by atoms with Crippen LogP contribution in [0.5, 0.6) is 0 Å². The van der Waals surface area contributed by atoms with E-state index >= 15 is 0 Å². The normalized spacial score (nSPS) is 21.0. The number of amides is 3. The summed E-state index contributed by atoms with van der Waals surface area (Å²) in [5, 5.41) is 16.5. The van der Waals surface area contributed by atoms with Crippen molar-refractivity contribution in [1.29, 1.82) is 0 Å². The molecule has 0 aromatic heterocycles. The number of fused-ring (bicyclic) bond motifs is 2. The molecule has 0 bridgehead atoms. The lowest BCUT2D eigenvalue weighted by atomic mass is 9.81. The molecule has 38 heavy (non-hydrogen) atoms. The number of ether oxygens (including phenoxy) is 1. The lowest BCUT2D eigenvalue weighted by Gasteiger charge is -2.38. The van der Waals surface area contributed by atoms with Crippen LogP contribution in [0.25, 0.3) is 0 Å². The number of carbonyl (C=O) groups is 2. The van der Waals surface area contributed by atoms with Crippen LogP contribution >= 0.6 is 11.6 Å². The van der Waals surface area contributed by atoms with Gasteiger partial charge in [-0.3, -0.25) is 9.69 Å². The lowest BCUT2D eigenvalue weighted by molar-refractivity contribution is -0.100. The van der Waals surface area contributed by atoms with Gasteiger partial charge in [-0.15, -0.1) is 0 Å². The van der Waals surface area contributed by atoms with Crippen LogP contribution in [0, 0.1) is 17.0 Å². The van der Waals surface area contributed by atoms with Crippen molar-refractivity contribution in [3.05, 3.63) is 93.0 Å². The third-order valence-electron chi connectivity index (χ3n) is 7.33. The van der Waals surface area contributed by atoms with E-state index in [0.717, 1.165) is 5.56 Å². The van der Waals surface area contributed by atoms with E-state index in [1.54, 1.807) is 12.1 Å². The molecule has 10 heteroatoms. The number of halogens is 3. The van der Waals surface area contributed by atoms with Crippen molar-refractivity contribution in [2.75, 3.05) is 30.0 Å². The van der Waals surface area contributed by atoms with Crippen LogP contribution < -0.4 is 15.5 Å². The smallest absolute Gasteiger partial charge is 0.326 e. The summed E-state index contributed by atoms with van der Waals surface area (Å²) in [6.45, 7) is 3.19. The fraction of sp³-hybridized carbons (Fsp3) is 0.286. The molecule has 1 fully saturated rings. The van der Waals surface area contributed by atoms with Crippen molar-refractivity contribution < 1.29 is 28.2 Å². The van der Waals surface area contributed by atoms with Crippen molar-refractivity contribution in [2.45, 2.75) is 25.5 Å². The molecule has 3 aliphatic rings. The molecule has 3 aliphatic heterocycles. The number of urea groups is 1. The highest BCUT2D eigenvalue weighted by atomic mass is 35.5. The largest absolute Gasteiger partial charge is 0.386 e. The Morgan fingerprint density at radius 1 is 1.16 bits per heavy atom. The topological polar surface area (TPSA) is 90.9 Å². The van der Waals surface area contributed by atoms with E-state index in [-0.39, 0.29) is 22.9 Å². The zero-order valence-electron chi connectivity index (χ0n) is 20.4.